The molecule has 0 bridgehead atoms. The van der Waals surface area contributed by atoms with Crippen molar-refractivity contribution < 1.29 is 24.3 Å². The SMILES string of the molecule is C=CCOc1ccc(/C(O)=C2\C(=O)C(=O)N(CC[NH+](C)C)[C@H]2c2ccncc2)cc1. The molecule has 1 fully saturated rings. The number of carbonyl (C=O) groups excluding carboxylic acids is 2. The Labute approximate surface area is 175 Å². The van der Waals surface area contributed by atoms with Crippen LogP contribution in [0.15, 0.2) is 67.0 Å². The van der Waals surface area contributed by atoms with Gasteiger partial charge in [0.15, 0.2) is 0 Å². The molecule has 2 heterocycles. The number of aliphatic hydroxyl groups excluding tert-OH is 1. The molecule has 1 aromatic carbocycles. The zero-order chi connectivity index (χ0) is 21.7. The molecule has 0 saturated carbocycles. The minimum atomic E-state index is -0.685. The summed E-state index contributed by atoms with van der Waals surface area (Å²) < 4.78 is 5.46. The average Bonchev–Trinajstić information content (AvgIpc) is 3.01. The lowest BCUT2D eigenvalue weighted by Crippen LogP contribution is -3.06. The fraction of sp³-hybridized carbons (Fsp3) is 0.261. The molecule has 0 aliphatic carbocycles. The summed E-state index contributed by atoms with van der Waals surface area (Å²) in [6.45, 7) is 5.04. The second-order valence-corrected chi connectivity index (χ2v) is 7.35. The van der Waals surface area contributed by atoms with E-state index in [1.165, 1.54) is 4.90 Å². The summed E-state index contributed by atoms with van der Waals surface area (Å²) >= 11 is 0. The molecule has 3 rings (SSSR count). The number of hydrogen-bond acceptors (Lipinski definition) is 5. The Morgan fingerprint density at radius 3 is 2.47 bits per heavy atom. The van der Waals surface area contributed by atoms with Crippen LogP contribution in [0.5, 0.6) is 5.75 Å². The summed E-state index contributed by atoms with van der Waals surface area (Å²) in [4.78, 5) is 32.4. The van der Waals surface area contributed by atoms with Gasteiger partial charge in [0.05, 0.1) is 38.8 Å². The van der Waals surface area contributed by atoms with Crippen LogP contribution in [0.25, 0.3) is 5.76 Å². The Bertz CT molecular complexity index is 952. The summed E-state index contributed by atoms with van der Waals surface area (Å²) in [6, 6.07) is 9.57. The lowest BCUT2D eigenvalue weighted by Gasteiger charge is -2.25. The number of likely N-dealkylation sites (tertiary alicyclic amines) is 1. The summed E-state index contributed by atoms with van der Waals surface area (Å²) in [5.41, 5.74) is 1.25. The van der Waals surface area contributed by atoms with Crippen LogP contribution in [-0.2, 0) is 9.59 Å². The van der Waals surface area contributed by atoms with E-state index in [1.54, 1.807) is 54.9 Å². The topological polar surface area (TPSA) is 84.2 Å². The standard InChI is InChI=1S/C23H25N3O4/c1-4-15-30-18-7-5-17(6-8-18)21(27)19-20(16-9-11-24-12-10-16)26(14-13-25(2)3)23(29)22(19)28/h4-12,20,27H,1,13-15H2,2-3H3/p+1/b21-19+/t20-/m0/s1. The predicted octanol–water partition coefficient (Wildman–Crippen LogP) is 1.21. The van der Waals surface area contributed by atoms with Gasteiger partial charge in [-0.15, -0.1) is 0 Å². The number of nitrogens with zero attached hydrogens (tertiary/aromatic N) is 2. The van der Waals surface area contributed by atoms with E-state index in [2.05, 4.69) is 11.6 Å². The van der Waals surface area contributed by atoms with Crippen LogP contribution in [0.4, 0.5) is 0 Å². The molecule has 156 valence electrons. The Balaban J connectivity index is 2.03. The summed E-state index contributed by atoms with van der Waals surface area (Å²) in [7, 11) is 3.96. The second-order valence-electron chi connectivity index (χ2n) is 7.35. The highest BCUT2D eigenvalue weighted by Gasteiger charge is 2.46. The molecule has 1 aromatic heterocycles. The first-order valence-electron chi connectivity index (χ1n) is 9.75. The minimum Gasteiger partial charge on any atom is -0.507 e. The highest BCUT2D eigenvalue weighted by molar-refractivity contribution is 6.46. The fourth-order valence-corrected chi connectivity index (χ4v) is 3.37. The number of amides is 1. The van der Waals surface area contributed by atoms with Gasteiger partial charge < -0.3 is 19.6 Å². The van der Waals surface area contributed by atoms with Gasteiger partial charge in [0.2, 0.25) is 0 Å². The molecule has 1 aliphatic heterocycles. The highest BCUT2D eigenvalue weighted by Crippen LogP contribution is 2.39. The number of nitrogens with one attached hydrogen (secondary N) is 1. The zero-order valence-electron chi connectivity index (χ0n) is 17.2. The number of ether oxygens (including phenoxy) is 1. The van der Waals surface area contributed by atoms with Crippen LogP contribution < -0.4 is 9.64 Å². The van der Waals surface area contributed by atoms with Gasteiger partial charge in [-0.05, 0) is 42.0 Å². The van der Waals surface area contributed by atoms with Gasteiger partial charge in [-0.2, -0.15) is 0 Å². The van der Waals surface area contributed by atoms with E-state index in [0.29, 0.717) is 31.0 Å². The number of aromatic nitrogens is 1. The summed E-state index contributed by atoms with van der Waals surface area (Å²) in [5.74, 6) is -0.878. The molecular weight excluding hydrogens is 382 g/mol. The molecule has 7 heteroatoms. The van der Waals surface area contributed by atoms with Crippen molar-refractivity contribution in [3.8, 4) is 5.75 Å². The molecule has 2 aromatic rings. The van der Waals surface area contributed by atoms with Crippen molar-refractivity contribution >= 4 is 17.4 Å². The molecular formula is C23H26N3O4+. The van der Waals surface area contributed by atoms with E-state index < -0.39 is 17.7 Å². The van der Waals surface area contributed by atoms with Gasteiger partial charge >= 0.3 is 0 Å². The Hall–Kier alpha value is -3.45. The summed E-state index contributed by atoms with van der Waals surface area (Å²) in [5, 5.41) is 11.0. The van der Waals surface area contributed by atoms with Crippen molar-refractivity contribution in [1.29, 1.82) is 0 Å². The second kappa shape index (κ2) is 9.37. The lowest BCUT2D eigenvalue weighted by molar-refractivity contribution is -0.857. The molecule has 1 atom stereocenters. The monoisotopic (exact) mass is 408 g/mol. The third-order valence-corrected chi connectivity index (χ3v) is 4.91. The fourth-order valence-electron chi connectivity index (χ4n) is 3.37. The average molecular weight is 408 g/mol. The Morgan fingerprint density at radius 1 is 1.20 bits per heavy atom. The molecule has 0 unspecified atom stereocenters. The van der Waals surface area contributed by atoms with Crippen LogP contribution in [0, 0.1) is 0 Å². The van der Waals surface area contributed by atoms with E-state index in [9.17, 15) is 14.7 Å². The number of ketones is 1. The Kier molecular flexibility index (Phi) is 6.64. The number of hydrogen-bond donors (Lipinski definition) is 2. The quantitative estimate of drug-likeness (QED) is 0.297. The van der Waals surface area contributed by atoms with Gasteiger partial charge in [0.25, 0.3) is 11.7 Å². The molecule has 0 spiro atoms. The van der Waals surface area contributed by atoms with Crippen LogP contribution >= 0.6 is 0 Å². The molecule has 7 nitrogen and oxygen atoms in total. The normalized spacial score (nSPS) is 18.1. The van der Waals surface area contributed by atoms with Crippen LogP contribution in [0.1, 0.15) is 17.2 Å². The smallest absolute Gasteiger partial charge is 0.295 e. The molecule has 1 amide bonds. The minimum absolute atomic E-state index is 0.0831. The maximum absolute atomic E-state index is 12.9. The van der Waals surface area contributed by atoms with E-state index in [-0.39, 0.29) is 11.3 Å². The Morgan fingerprint density at radius 2 is 1.87 bits per heavy atom. The third-order valence-electron chi connectivity index (χ3n) is 4.91. The van der Waals surface area contributed by atoms with Crippen molar-refractivity contribution in [3.05, 3.63) is 78.1 Å². The van der Waals surface area contributed by atoms with Gasteiger partial charge in [-0.1, -0.05) is 12.7 Å². The van der Waals surface area contributed by atoms with Crippen LogP contribution in [-0.4, -0.2) is 60.5 Å². The number of carbonyl (C=O) groups is 2. The predicted molar refractivity (Wildman–Crippen MR) is 113 cm³/mol. The molecule has 30 heavy (non-hydrogen) atoms. The van der Waals surface area contributed by atoms with Crippen molar-refractivity contribution in [2.24, 2.45) is 0 Å². The number of Topliss-reactive ketones (excluding diaryl/α,β-unsaturated/α-hetero) is 1. The van der Waals surface area contributed by atoms with E-state index >= 15 is 0 Å². The van der Waals surface area contributed by atoms with Crippen LogP contribution in [0.2, 0.25) is 0 Å². The first-order chi connectivity index (χ1) is 14.4. The maximum Gasteiger partial charge on any atom is 0.295 e. The van der Waals surface area contributed by atoms with E-state index in [0.717, 1.165) is 10.5 Å². The van der Waals surface area contributed by atoms with Crippen LogP contribution in [0.3, 0.4) is 0 Å². The van der Waals surface area contributed by atoms with Gasteiger partial charge in [0.1, 0.15) is 18.1 Å². The molecule has 0 radical (unpaired) electrons. The largest absolute Gasteiger partial charge is 0.507 e. The molecule has 2 N–H and O–H groups in total. The highest BCUT2D eigenvalue weighted by atomic mass is 16.5. The molecule has 1 saturated heterocycles. The number of quaternary nitrogens is 1. The van der Waals surface area contributed by atoms with Crippen molar-refractivity contribution in [1.82, 2.24) is 9.88 Å². The number of aliphatic hydroxyl groups is 1. The number of rotatable bonds is 8. The van der Waals surface area contributed by atoms with Crippen molar-refractivity contribution in [2.45, 2.75) is 6.04 Å². The zero-order valence-corrected chi connectivity index (χ0v) is 17.2. The van der Waals surface area contributed by atoms with Gasteiger partial charge in [-0.25, -0.2) is 0 Å². The van der Waals surface area contributed by atoms with Crippen molar-refractivity contribution in [3.63, 3.8) is 0 Å². The van der Waals surface area contributed by atoms with Crippen molar-refractivity contribution in [2.75, 3.05) is 33.8 Å². The number of likely N-dealkylation sites (N-methyl/N-ethyl adjacent to an activating group) is 1. The first-order valence-corrected chi connectivity index (χ1v) is 9.75. The van der Waals surface area contributed by atoms with E-state index in [4.69, 9.17) is 4.74 Å². The third kappa shape index (κ3) is 4.41. The molecule has 1 aliphatic rings. The summed E-state index contributed by atoms with van der Waals surface area (Å²) in [6.07, 6.45) is 4.86. The number of pyridine rings is 1. The maximum atomic E-state index is 12.9. The van der Waals surface area contributed by atoms with E-state index in [1.807, 2.05) is 14.1 Å². The van der Waals surface area contributed by atoms with Gasteiger partial charge in [0, 0.05) is 18.0 Å². The number of benzene rings is 1. The van der Waals surface area contributed by atoms with Gasteiger partial charge in [-0.3, -0.25) is 14.6 Å². The first kappa shape index (κ1) is 21.3. The lowest BCUT2D eigenvalue weighted by atomic mass is 9.96.